The summed E-state index contributed by atoms with van der Waals surface area (Å²) in [5, 5.41) is 20.1. The highest BCUT2D eigenvalue weighted by Crippen LogP contribution is 2.28. The molecule has 0 bridgehead atoms. The molecule has 1 aromatic heterocycles. The van der Waals surface area contributed by atoms with Crippen LogP contribution in [-0.4, -0.2) is 50.9 Å². The lowest BCUT2D eigenvalue weighted by Gasteiger charge is -2.27. The van der Waals surface area contributed by atoms with E-state index in [1.807, 2.05) is 6.92 Å². The maximum Gasteiger partial charge on any atom is 0.322 e. The van der Waals surface area contributed by atoms with E-state index < -0.39 is 23.8 Å². The summed E-state index contributed by atoms with van der Waals surface area (Å²) in [5.41, 5.74) is 1.61. The number of aliphatic hydroxyl groups is 1. The van der Waals surface area contributed by atoms with Gasteiger partial charge in [0.25, 0.3) is 5.91 Å². The average molecular weight is 498 g/mol. The van der Waals surface area contributed by atoms with E-state index in [1.54, 1.807) is 4.68 Å². The van der Waals surface area contributed by atoms with Gasteiger partial charge in [-0.2, -0.15) is 5.10 Å². The summed E-state index contributed by atoms with van der Waals surface area (Å²) < 4.78 is 28.9. The van der Waals surface area contributed by atoms with Crippen LogP contribution < -0.4 is 10.6 Å². The van der Waals surface area contributed by atoms with Crippen LogP contribution in [0.5, 0.6) is 0 Å². The molecule has 2 unspecified atom stereocenters. The molecule has 2 aliphatic heterocycles. The van der Waals surface area contributed by atoms with E-state index in [0.29, 0.717) is 43.7 Å². The molecule has 2 aliphatic rings. The molecule has 4 rings (SSSR count). The molecule has 0 radical (unpaired) electrons. The largest absolute Gasteiger partial charge is 0.393 e. The fourth-order valence-electron chi connectivity index (χ4n) is 3.99. The number of hydrogen-bond donors (Lipinski definition) is 3. The van der Waals surface area contributed by atoms with Crippen molar-refractivity contribution in [2.24, 2.45) is 5.92 Å². The van der Waals surface area contributed by atoms with Gasteiger partial charge in [0.05, 0.1) is 28.5 Å². The number of carbonyl (C=O) groups excluding carboxylic acids is 2. The first-order valence-electron chi connectivity index (χ1n) is 10.0. The summed E-state index contributed by atoms with van der Waals surface area (Å²) >= 11 is 2.82. The van der Waals surface area contributed by atoms with Crippen LogP contribution in [0.1, 0.15) is 35.1 Å². The summed E-state index contributed by atoms with van der Waals surface area (Å²) in [6.07, 6.45) is 0.452. The third-order valence-corrected chi connectivity index (χ3v) is 6.50. The van der Waals surface area contributed by atoms with Crippen LogP contribution in [0.4, 0.5) is 19.3 Å². The van der Waals surface area contributed by atoms with E-state index in [4.69, 9.17) is 0 Å². The second-order valence-corrected chi connectivity index (χ2v) is 8.52. The second kappa shape index (κ2) is 8.54. The van der Waals surface area contributed by atoms with Crippen molar-refractivity contribution in [1.82, 2.24) is 20.0 Å². The Morgan fingerprint density at radius 2 is 2.23 bits per heavy atom. The standard InChI is InChI=1S/C20H22BrF2N5O3/c1-2-15(29)10-7-24-19(30)18-11-9-27(6-5-13(11)26-28(18)8-10)20(31)25-14-4-3-12(22)16(21)17(14)23/h3-4,10,15,29H,2,5-9H2,1H3,(H,24,30)(H,25,31). The predicted octanol–water partition coefficient (Wildman–Crippen LogP) is 2.64. The minimum atomic E-state index is -0.898. The van der Waals surface area contributed by atoms with Gasteiger partial charge in [-0.1, -0.05) is 6.92 Å². The first-order valence-corrected chi connectivity index (χ1v) is 10.8. The van der Waals surface area contributed by atoms with Crippen LogP contribution in [-0.2, 0) is 19.5 Å². The van der Waals surface area contributed by atoms with Gasteiger partial charge in [0, 0.05) is 37.5 Å². The minimum absolute atomic E-state index is 0.134. The Hall–Kier alpha value is -2.53. The van der Waals surface area contributed by atoms with E-state index in [-0.39, 0.29) is 28.5 Å². The van der Waals surface area contributed by atoms with E-state index >= 15 is 0 Å². The molecule has 1 aromatic carbocycles. The second-order valence-electron chi connectivity index (χ2n) is 7.73. The fourth-order valence-corrected chi connectivity index (χ4v) is 4.33. The highest BCUT2D eigenvalue weighted by atomic mass is 79.9. The van der Waals surface area contributed by atoms with Gasteiger partial charge in [-0.25, -0.2) is 13.6 Å². The number of amides is 3. The van der Waals surface area contributed by atoms with Gasteiger partial charge in [0.1, 0.15) is 11.5 Å². The number of urea groups is 1. The summed E-state index contributed by atoms with van der Waals surface area (Å²) in [6, 6.07) is 1.65. The number of benzene rings is 1. The first-order chi connectivity index (χ1) is 14.8. The van der Waals surface area contributed by atoms with Crippen LogP contribution in [0.25, 0.3) is 0 Å². The third kappa shape index (κ3) is 4.03. The summed E-state index contributed by atoms with van der Waals surface area (Å²) in [7, 11) is 0. The van der Waals surface area contributed by atoms with Crippen LogP contribution in [0.2, 0.25) is 0 Å². The Kier molecular flexibility index (Phi) is 5.98. The number of rotatable bonds is 3. The average Bonchev–Trinajstić information content (AvgIpc) is 3.04. The van der Waals surface area contributed by atoms with Crippen molar-refractivity contribution in [3.63, 3.8) is 0 Å². The highest BCUT2D eigenvalue weighted by molar-refractivity contribution is 9.10. The lowest BCUT2D eigenvalue weighted by Crippen LogP contribution is -2.40. The van der Waals surface area contributed by atoms with Crippen LogP contribution in [0, 0.1) is 17.6 Å². The van der Waals surface area contributed by atoms with Crippen molar-refractivity contribution in [1.29, 1.82) is 0 Å². The Balaban J connectivity index is 1.55. The quantitative estimate of drug-likeness (QED) is 0.567. The van der Waals surface area contributed by atoms with E-state index in [9.17, 15) is 23.5 Å². The van der Waals surface area contributed by atoms with Crippen molar-refractivity contribution in [3.05, 3.63) is 45.2 Å². The molecular formula is C20H22BrF2N5O3. The number of nitrogens with one attached hydrogen (secondary N) is 2. The monoisotopic (exact) mass is 497 g/mol. The number of hydrogen-bond acceptors (Lipinski definition) is 4. The Labute approximate surface area is 185 Å². The van der Waals surface area contributed by atoms with Gasteiger partial charge in [-0.05, 0) is 34.5 Å². The smallest absolute Gasteiger partial charge is 0.322 e. The molecule has 3 heterocycles. The van der Waals surface area contributed by atoms with Gasteiger partial charge >= 0.3 is 6.03 Å². The van der Waals surface area contributed by atoms with Crippen molar-refractivity contribution in [2.75, 3.05) is 18.4 Å². The molecule has 2 aromatic rings. The molecule has 0 aliphatic carbocycles. The Morgan fingerprint density at radius 1 is 1.45 bits per heavy atom. The van der Waals surface area contributed by atoms with E-state index in [2.05, 4.69) is 31.7 Å². The van der Waals surface area contributed by atoms with Crippen molar-refractivity contribution < 1.29 is 23.5 Å². The third-order valence-electron chi connectivity index (χ3n) is 5.77. The number of nitrogens with zero attached hydrogens (tertiary/aromatic N) is 3. The van der Waals surface area contributed by atoms with Crippen molar-refractivity contribution >= 4 is 33.6 Å². The highest BCUT2D eigenvalue weighted by Gasteiger charge is 2.34. The number of aliphatic hydroxyl groups excluding tert-OH is 1. The molecule has 11 heteroatoms. The lowest BCUT2D eigenvalue weighted by atomic mass is 10.0. The fraction of sp³-hybridized carbons (Fsp3) is 0.450. The maximum absolute atomic E-state index is 14.2. The minimum Gasteiger partial charge on any atom is -0.393 e. The molecular weight excluding hydrogens is 476 g/mol. The predicted molar refractivity (Wildman–Crippen MR) is 112 cm³/mol. The van der Waals surface area contributed by atoms with Gasteiger partial charge in [0.15, 0.2) is 5.82 Å². The van der Waals surface area contributed by atoms with Crippen LogP contribution in [0.3, 0.4) is 0 Å². The van der Waals surface area contributed by atoms with Crippen LogP contribution in [0.15, 0.2) is 16.6 Å². The number of halogens is 3. The van der Waals surface area contributed by atoms with Crippen molar-refractivity contribution in [2.45, 2.75) is 39.0 Å². The zero-order valence-electron chi connectivity index (χ0n) is 16.8. The molecule has 3 amide bonds. The van der Waals surface area contributed by atoms with Gasteiger partial charge in [0.2, 0.25) is 0 Å². The molecule has 166 valence electrons. The molecule has 0 spiro atoms. The first kappa shape index (κ1) is 21.7. The molecule has 0 saturated carbocycles. The van der Waals surface area contributed by atoms with Crippen molar-refractivity contribution in [3.8, 4) is 0 Å². The van der Waals surface area contributed by atoms with Gasteiger partial charge in [-0.15, -0.1) is 0 Å². The van der Waals surface area contributed by atoms with Gasteiger partial charge in [-0.3, -0.25) is 9.48 Å². The van der Waals surface area contributed by atoms with Crippen LogP contribution >= 0.6 is 15.9 Å². The SMILES string of the molecule is CCC(O)C1CNC(=O)c2c3c(nn2C1)CCN(C(=O)Nc1ccc(F)c(Br)c1F)C3. The Bertz CT molecular complexity index is 1040. The zero-order valence-corrected chi connectivity index (χ0v) is 18.4. The normalized spacial score (nSPS) is 19.2. The lowest BCUT2D eigenvalue weighted by molar-refractivity contribution is 0.0867. The topological polar surface area (TPSA) is 99.5 Å². The summed E-state index contributed by atoms with van der Waals surface area (Å²) in [4.78, 5) is 26.9. The molecule has 0 saturated heterocycles. The number of aromatic nitrogens is 2. The number of anilines is 1. The maximum atomic E-state index is 14.2. The van der Waals surface area contributed by atoms with Gasteiger partial charge < -0.3 is 20.6 Å². The van der Waals surface area contributed by atoms with E-state index in [0.717, 1.165) is 17.8 Å². The summed E-state index contributed by atoms with van der Waals surface area (Å²) in [5.74, 6) is -2.12. The molecule has 2 atom stereocenters. The molecule has 31 heavy (non-hydrogen) atoms. The molecule has 8 nitrogen and oxygen atoms in total. The zero-order chi connectivity index (χ0) is 22.3. The van der Waals surface area contributed by atoms with E-state index in [1.165, 1.54) is 4.90 Å². The summed E-state index contributed by atoms with van der Waals surface area (Å²) in [6.45, 7) is 3.09. The molecule has 3 N–H and O–H groups in total. The Morgan fingerprint density at radius 3 is 2.97 bits per heavy atom. The molecule has 0 fully saturated rings. The number of fused-ring (bicyclic) bond motifs is 3. The number of carbonyl (C=O) groups is 2.